The van der Waals surface area contributed by atoms with E-state index in [-0.39, 0.29) is 32.4 Å². The second kappa shape index (κ2) is 9.47. The van der Waals surface area contributed by atoms with Gasteiger partial charge in [0.25, 0.3) is 5.91 Å². The second-order valence-corrected chi connectivity index (χ2v) is 10.4. The molecule has 0 atom stereocenters. The van der Waals surface area contributed by atoms with E-state index in [4.69, 9.17) is 4.42 Å². The maximum atomic E-state index is 12.6. The van der Waals surface area contributed by atoms with Crippen LogP contribution in [0.1, 0.15) is 20.9 Å². The topological polar surface area (TPSA) is 119 Å². The van der Waals surface area contributed by atoms with E-state index < -0.39 is 15.7 Å². The van der Waals surface area contributed by atoms with Crippen molar-refractivity contribution in [3.8, 4) is 0 Å². The fraction of sp³-hybridized carbons (Fsp3) is 0.0476. The Morgan fingerprint density at radius 3 is 2.34 bits per heavy atom. The summed E-state index contributed by atoms with van der Waals surface area (Å²) in [6.45, 7) is 0. The fourth-order valence-corrected chi connectivity index (χ4v) is 5.45. The number of Topliss-reactive ketones (excluding diaryl/α,β-unsaturated/α-hetero) is 1. The molecule has 2 aromatic heterocycles. The fourth-order valence-electron chi connectivity index (χ4n) is 2.61. The standard InChI is InChI=1S/C21H15N3O5S3/c25-16(14-7-3-1-4-8-14)13-30-21-24-23-20(31-21)22-19(26)17-11-12-18(29-17)32(27,28)15-9-5-2-6-10-15/h1-12H,13H2,(H,22,23,26). The molecule has 0 saturated heterocycles. The van der Waals surface area contributed by atoms with Crippen LogP contribution in [0.4, 0.5) is 5.13 Å². The summed E-state index contributed by atoms with van der Waals surface area (Å²) in [6.07, 6.45) is 0. The lowest BCUT2D eigenvalue weighted by Crippen LogP contribution is -2.10. The number of sulfone groups is 1. The van der Waals surface area contributed by atoms with Crippen molar-refractivity contribution in [3.63, 3.8) is 0 Å². The van der Waals surface area contributed by atoms with Gasteiger partial charge >= 0.3 is 0 Å². The van der Waals surface area contributed by atoms with Gasteiger partial charge in [0.15, 0.2) is 15.9 Å². The van der Waals surface area contributed by atoms with Crippen LogP contribution in [0.15, 0.2) is 91.5 Å². The quantitative estimate of drug-likeness (QED) is 0.224. The summed E-state index contributed by atoms with van der Waals surface area (Å²) in [4.78, 5) is 24.7. The first kappa shape index (κ1) is 21.9. The van der Waals surface area contributed by atoms with E-state index in [0.29, 0.717) is 9.90 Å². The molecular weight excluding hydrogens is 470 g/mol. The summed E-state index contributed by atoms with van der Waals surface area (Å²) in [5, 5.41) is 10.2. The van der Waals surface area contributed by atoms with Crippen LogP contribution < -0.4 is 5.32 Å². The summed E-state index contributed by atoms with van der Waals surface area (Å²) < 4.78 is 31.0. The monoisotopic (exact) mass is 485 g/mol. The van der Waals surface area contributed by atoms with Gasteiger partial charge in [0.2, 0.25) is 20.1 Å². The van der Waals surface area contributed by atoms with Crippen molar-refractivity contribution >= 4 is 49.8 Å². The number of amides is 1. The first-order chi connectivity index (χ1) is 15.4. The van der Waals surface area contributed by atoms with Crippen LogP contribution in [-0.4, -0.2) is 36.1 Å². The van der Waals surface area contributed by atoms with E-state index in [1.165, 1.54) is 36.0 Å². The number of rotatable bonds is 8. The van der Waals surface area contributed by atoms with Gasteiger partial charge < -0.3 is 4.42 Å². The first-order valence-corrected chi connectivity index (χ1v) is 12.5. The van der Waals surface area contributed by atoms with Gasteiger partial charge in [-0.05, 0) is 24.3 Å². The Kier molecular flexibility index (Phi) is 6.49. The molecule has 162 valence electrons. The number of anilines is 1. The molecule has 0 radical (unpaired) electrons. The van der Waals surface area contributed by atoms with E-state index in [2.05, 4.69) is 15.5 Å². The third-order valence-electron chi connectivity index (χ3n) is 4.17. The number of furan rings is 1. The molecule has 1 N–H and O–H groups in total. The molecule has 0 aliphatic heterocycles. The van der Waals surface area contributed by atoms with Crippen LogP contribution in [0.3, 0.4) is 0 Å². The number of carbonyl (C=O) groups excluding carboxylic acids is 2. The summed E-state index contributed by atoms with van der Waals surface area (Å²) in [7, 11) is -3.87. The molecule has 0 aliphatic carbocycles. The van der Waals surface area contributed by atoms with Crippen molar-refractivity contribution in [2.24, 2.45) is 0 Å². The van der Waals surface area contributed by atoms with Gasteiger partial charge in [-0.25, -0.2) is 8.42 Å². The molecule has 8 nitrogen and oxygen atoms in total. The maximum Gasteiger partial charge on any atom is 0.293 e. The molecule has 0 spiro atoms. The number of carbonyl (C=O) groups is 2. The molecule has 4 rings (SSSR count). The molecule has 0 fully saturated rings. The SMILES string of the molecule is O=C(CSc1nnc(NC(=O)c2ccc(S(=O)(=O)c3ccccc3)o2)s1)c1ccccc1. The number of ketones is 1. The van der Waals surface area contributed by atoms with Gasteiger partial charge in [-0.15, -0.1) is 10.2 Å². The van der Waals surface area contributed by atoms with Crippen LogP contribution in [0.5, 0.6) is 0 Å². The third kappa shape index (κ3) is 4.96. The minimum Gasteiger partial charge on any atom is -0.439 e. The number of nitrogens with zero attached hydrogens (tertiary/aromatic N) is 2. The molecule has 0 saturated carbocycles. The Labute approximate surface area is 191 Å². The van der Waals surface area contributed by atoms with Crippen LogP contribution in [-0.2, 0) is 9.84 Å². The highest BCUT2D eigenvalue weighted by Crippen LogP contribution is 2.27. The second-order valence-electron chi connectivity index (χ2n) is 6.34. The normalized spacial score (nSPS) is 11.2. The molecule has 0 bridgehead atoms. The largest absolute Gasteiger partial charge is 0.439 e. The average Bonchev–Trinajstić information content (AvgIpc) is 3.49. The Morgan fingerprint density at radius 2 is 1.62 bits per heavy atom. The number of benzene rings is 2. The number of hydrogen-bond donors (Lipinski definition) is 1. The van der Waals surface area contributed by atoms with Gasteiger partial charge in [0.1, 0.15) is 0 Å². The van der Waals surface area contributed by atoms with Crippen molar-refractivity contribution in [2.45, 2.75) is 14.3 Å². The van der Waals surface area contributed by atoms with Crippen molar-refractivity contribution in [3.05, 3.63) is 84.1 Å². The van der Waals surface area contributed by atoms with Gasteiger partial charge in [0.05, 0.1) is 10.6 Å². The minimum atomic E-state index is -3.87. The van der Waals surface area contributed by atoms with Crippen molar-refractivity contribution in [1.82, 2.24) is 10.2 Å². The van der Waals surface area contributed by atoms with E-state index >= 15 is 0 Å². The Bertz CT molecular complexity index is 1350. The minimum absolute atomic E-state index is 0.0425. The van der Waals surface area contributed by atoms with Gasteiger partial charge in [-0.1, -0.05) is 71.6 Å². The first-order valence-electron chi connectivity index (χ1n) is 9.19. The molecular formula is C21H15N3O5S3. The number of aromatic nitrogens is 2. The molecule has 1 amide bonds. The molecule has 11 heteroatoms. The third-order valence-corrected chi connectivity index (χ3v) is 7.79. The van der Waals surface area contributed by atoms with E-state index in [1.54, 1.807) is 42.5 Å². The number of nitrogens with one attached hydrogen (secondary N) is 1. The molecule has 4 aromatic rings. The zero-order valence-corrected chi connectivity index (χ0v) is 18.7. The van der Waals surface area contributed by atoms with Crippen LogP contribution in [0.2, 0.25) is 0 Å². The Morgan fingerprint density at radius 1 is 0.938 bits per heavy atom. The van der Waals surface area contributed by atoms with Crippen molar-refractivity contribution in [1.29, 1.82) is 0 Å². The summed E-state index contributed by atoms with van der Waals surface area (Å²) in [5.41, 5.74) is 0.608. The highest BCUT2D eigenvalue weighted by molar-refractivity contribution is 8.01. The molecule has 0 unspecified atom stereocenters. The smallest absolute Gasteiger partial charge is 0.293 e. The lowest BCUT2D eigenvalue weighted by Gasteiger charge is -2.01. The van der Waals surface area contributed by atoms with Gasteiger partial charge in [-0.3, -0.25) is 14.9 Å². The van der Waals surface area contributed by atoms with Crippen molar-refractivity contribution < 1.29 is 22.4 Å². The summed E-state index contributed by atoms with van der Waals surface area (Å²) in [6, 6.07) is 19.2. The predicted molar refractivity (Wildman–Crippen MR) is 120 cm³/mol. The number of thioether (sulfide) groups is 1. The average molecular weight is 486 g/mol. The van der Waals surface area contributed by atoms with Crippen molar-refractivity contribution in [2.75, 3.05) is 11.1 Å². The maximum absolute atomic E-state index is 12.6. The van der Waals surface area contributed by atoms with E-state index in [0.717, 1.165) is 11.3 Å². The summed E-state index contributed by atoms with van der Waals surface area (Å²) in [5.74, 6) is -0.694. The van der Waals surface area contributed by atoms with E-state index in [9.17, 15) is 18.0 Å². The van der Waals surface area contributed by atoms with Gasteiger partial charge in [0, 0.05) is 5.56 Å². The molecule has 32 heavy (non-hydrogen) atoms. The molecule has 0 aliphatic rings. The van der Waals surface area contributed by atoms with Crippen LogP contribution >= 0.6 is 23.1 Å². The van der Waals surface area contributed by atoms with Crippen LogP contribution in [0, 0.1) is 0 Å². The highest BCUT2D eigenvalue weighted by Gasteiger charge is 2.24. The Balaban J connectivity index is 1.38. The zero-order chi connectivity index (χ0) is 22.6. The zero-order valence-electron chi connectivity index (χ0n) is 16.3. The van der Waals surface area contributed by atoms with Crippen LogP contribution in [0.25, 0.3) is 0 Å². The summed E-state index contributed by atoms with van der Waals surface area (Å²) >= 11 is 2.31. The lowest BCUT2D eigenvalue weighted by atomic mass is 10.2. The highest BCUT2D eigenvalue weighted by atomic mass is 32.2. The predicted octanol–water partition coefficient (Wildman–Crippen LogP) is 4.19. The Hall–Kier alpha value is -3.28. The van der Waals surface area contributed by atoms with Gasteiger partial charge in [-0.2, -0.15) is 0 Å². The number of hydrogen-bond acceptors (Lipinski definition) is 9. The van der Waals surface area contributed by atoms with E-state index in [1.807, 2.05) is 6.07 Å². The molecule has 2 heterocycles. The molecule has 2 aromatic carbocycles. The lowest BCUT2D eigenvalue weighted by molar-refractivity contribution is 0.0989.